The number of alkyl halides is 3. The Kier molecular flexibility index (Phi) is 5.33. The molecule has 1 aliphatic heterocycles. The van der Waals surface area contributed by atoms with Gasteiger partial charge in [-0.05, 0) is 23.3 Å². The van der Waals surface area contributed by atoms with E-state index in [1.165, 1.54) is 13.2 Å². The predicted molar refractivity (Wildman–Crippen MR) is 98.5 cm³/mol. The van der Waals surface area contributed by atoms with Crippen LogP contribution in [0.25, 0.3) is 5.69 Å². The van der Waals surface area contributed by atoms with Crippen LogP contribution < -0.4 is 5.32 Å². The van der Waals surface area contributed by atoms with Crippen molar-refractivity contribution in [1.82, 2.24) is 9.78 Å². The van der Waals surface area contributed by atoms with E-state index in [0.29, 0.717) is 6.07 Å². The van der Waals surface area contributed by atoms with Gasteiger partial charge in [0, 0.05) is 12.5 Å². The molecule has 1 aromatic carbocycles. The number of ketones is 1. The molecule has 0 fully saturated rings. The number of aliphatic hydroxyl groups is 1. The van der Waals surface area contributed by atoms with Crippen molar-refractivity contribution in [3.63, 3.8) is 0 Å². The maximum atomic E-state index is 13.3. The Morgan fingerprint density at radius 2 is 2.17 bits per heavy atom. The largest absolute Gasteiger partial charge is 0.611 e. The number of halogens is 4. The first kappa shape index (κ1) is 21.4. The van der Waals surface area contributed by atoms with Crippen molar-refractivity contribution in [2.45, 2.75) is 30.0 Å². The number of anilines is 1. The van der Waals surface area contributed by atoms with Crippen molar-refractivity contribution in [2.75, 3.05) is 18.2 Å². The monoisotopic (exact) mass is 446 g/mol. The lowest BCUT2D eigenvalue weighted by Crippen LogP contribution is -2.44. The van der Waals surface area contributed by atoms with Crippen LogP contribution in [-0.4, -0.2) is 38.1 Å². The van der Waals surface area contributed by atoms with E-state index in [4.69, 9.17) is 11.6 Å². The number of benzene rings is 1. The summed E-state index contributed by atoms with van der Waals surface area (Å²) in [5.41, 5.74) is -3.04. The highest BCUT2D eigenvalue weighted by Crippen LogP contribution is 2.47. The summed E-state index contributed by atoms with van der Waals surface area (Å²) in [5, 5.41) is 25.9. The molecule has 0 amide bonds. The zero-order chi connectivity index (χ0) is 21.7. The minimum absolute atomic E-state index is 0.00915. The molecule has 2 unspecified atom stereocenters. The Labute approximate surface area is 171 Å². The maximum absolute atomic E-state index is 13.3. The van der Waals surface area contributed by atoms with Crippen LogP contribution >= 0.6 is 11.6 Å². The minimum Gasteiger partial charge on any atom is -0.611 e. The molecular weight excluding hydrogens is 433 g/mol. The van der Waals surface area contributed by atoms with E-state index >= 15 is 0 Å². The van der Waals surface area contributed by atoms with E-state index in [9.17, 15) is 32.9 Å². The highest BCUT2D eigenvalue weighted by Gasteiger charge is 2.46. The average Bonchev–Trinajstić information content (AvgIpc) is 3.00. The van der Waals surface area contributed by atoms with Crippen molar-refractivity contribution in [3.05, 3.63) is 34.0 Å². The second kappa shape index (κ2) is 7.21. The summed E-state index contributed by atoms with van der Waals surface area (Å²) in [5.74, 6) is -0.493. The van der Waals surface area contributed by atoms with Gasteiger partial charge in [0.1, 0.15) is 11.8 Å². The molecular formula is C17H14ClF3N4O3S. The van der Waals surface area contributed by atoms with E-state index < -0.39 is 47.3 Å². The van der Waals surface area contributed by atoms with Crippen molar-refractivity contribution >= 4 is 34.4 Å². The van der Waals surface area contributed by atoms with Crippen LogP contribution in [0.1, 0.15) is 35.0 Å². The van der Waals surface area contributed by atoms with Gasteiger partial charge < -0.3 is 15.0 Å². The maximum Gasteiger partial charge on any atom is 0.416 e. The molecule has 1 aliphatic rings. The number of carbonyl (C=O) groups excluding carboxylic acids is 1. The van der Waals surface area contributed by atoms with Gasteiger partial charge >= 0.3 is 6.18 Å². The number of fused-ring (bicyclic) bond motifs is 3. The first-order valence-electron chi connectivity index (χ1n) is 8.12. The van der Waals surface area contributed by atoms with Crippen LogP contribution in [0.4, 0.5) is 19.0 Å². The number of nitrogens with one attached hydrogen (secondary N) is 1. The number of hydrogen-bond donors (Lipinski definition) is 2. The van der Waals surface area contributed by atoms with Crippen LogP contribution in [0.5, 0.6) is 0 Å². The Hall–Kier alpha value is -2.26. The second-order valence-corrected chi connectivity index (χ2v) is 8.22. The van der Waals surface area contributed by atoms with Crippen LogP contribution in [0.2, 0.25) is 5.02 Å². The zero-order valence-electron chi connectivity index (χ0n) is 15.1. The van der Waals surface area contributed by atoms with Crippen LogP contribution in [0.15, 0.2) is 17.0 Å². The molecule has 1 aromatic heterocycles. The molecule has 0 saturated heterocycles. The van der Waals surface area contributed by atoms with Crippen LogP contribution in [-0.2, 0) is 22.9 Å². The molecule has 2 heterocycles. The van der Waals surface area contributed by atoms with Crippen molar-refractivity contribution < 1.29 is 27.6 Å². The van der Waals surface area contributed by atoms with Gasteiger partial charge in [0.2, 0.25) is 4.90 Å². The molecule has 154 valence electrons. The summed E-state index contributed by atoms with van der Waals surface area (Å²) in [6, 6.07) is 3.31. The molecule has 0 aliphatic carbocycles. The van der Waals surface area contributed by atoms with Gasteiger partial charge in [-0.1, -0.05) is 11.6 Å². The molecule has 2 N–H and O–H groups in total. The van der Waals surface area contributed by atoms with Gasteiger partial charge in [-0.15, -0.1) is 0 Å². The molecule has 29 heavy (non-hydrogen) atoms. The molecule has 0 saturated carbocycles. The molecule has 12 heteroatoms. The van der Waals surface area contributed by atoms with Crippen LogP contribution in [0, 0.1) is 11.3 Å². The number of nitrogens with zero attached hydrogens (tertiary/aromatic N) is 3. The fraction of sp³-hybridized carbons (Fsp3) is 0.353. The Bertz CT molecular complexity index is 1050. The SMILES string of the molecule is CC(=O)c1nn2c(c1[S+](C)[O-])NC(CO)(CC#N)c1cc(C(F)(F)F)cc(Cl)c1-2. The zero-order valence-corrected chi connectivity index (χ0v) is 16.7. The quantitative estimate of drug-likeness (QED) is 0.551. The average molecular weight is 447 g/mol. The fourth-order valence-corrected chi connectivity index (χ4v) is 4.44. The summed E-state index contributed by atoms with van der Waals surface area (Å²) >= 11 is 4.46. The summed E-state index contributed by atoms with van der Waals surface area (Å²) in [6.07, 6.45) is -3.84. The Morgan fingerprint density at radius 1 is 1.52 bits per heavy atom. The fourth-order valence-electron chi connectivity index (χ4n) is 3.27. The highest BCUT2D eigenvalue weighted by molar-refractivity contribution is 7.91. The number of nitriles is 1. The number of rotatable bonds is 4. The van der Waals surface area contributed by atoms with E-state index in [0.717, 1.165) is 10.7 Å². The number of aliphatic hydroxyl groups excluding tert-OH is 1. The molecule has 2 atom stereocenters. The van der Waals surface area contributed by atoms with E-state index in [1.54, 1.807) is 0 Å². The third kappa shape index (κ3) is 3.36. The van der Waals surface area contributed by atoms with Gasteiger partial charge in [-0.25, -0.2) is 4.68 Å². The van der Waals surface area contributed by atoms with Gasteiger partial charge in [-0.3, -0.25) is 4.79 Å². The Balaban J connectivity index is 2.45. The summed E-state index contributed by atoms with van der Waals surface area (Å²) in [6.45, 7) is 0.441. The van der Waals surface area contributed by atoms with Crippen molar-refractivity contribution in [3.8, 4) is 11.8 Å². The van der Waals surface area contributed by atoms with Gasteiger partial charge in [0.05, 0.1) is 35.4 Å². The van der Waals surface area contributed by atoms with Crippen LogP contribution in [0.3, 0.4) is 0 Å². The molecule has 2 aromatic rings. The summed E-state index contributed by atoms with van der Waals surface area (Å²) in [7, 11) is 0. The molecule has 3 rings (SSSR count). The first-order chi connectivity index (χ1) is 13.5. The van der Waals surface area contributed by atoms with Gasteiger partial charge in [0.15, 0.2) is 17.3 Å². The third-order valence-corrected chi connectivity index (χ3v) is 5.84. The highest BCUT2D eigenvalue weighted by atomic mass is 35.5. The number of hydrogen-bond acceptors (Lipinski definition) is 6. The number of Topliss-reactive ketones (excluding diaryl/α,β-unsaturated/α-hetero) is 1. The Morgan fingerprint density at radius 3 is 2.66 bits per heavy atom. The number of aromatic nitrogens is 2. The van der Waals surface area contributed by atoms with Gasteiger partial charge in [-0.2, -0.15) is 23.5 Å². The second-order valence-electron chi connectivity index (χ2n) is 6.50. The lowest BCUT2D eigenvalue weighted by molar-refractivity contribution is -0.137. The predicted octanol–water partition coefficient (Wildman–Crippen LogP) is 3.01. The topological polar surface area (TPSA) is 114 Å². The minimum atomic E-state index is -4.72. The lowest BCUT2D eigenvalue weighted by Gasteiger charge is -2.38. The lowest BCUT2D eigenvalue weighted by atomic mass is 9.84. The smallest absolute Gasteiger partial charge is 0.416 e. The van der Waals surface area contributed by atoms with E-state index in [2.05, 4.69) is 10.4 Å². The molecule has 0 bridgehead atoms. The van der Waals surface area contributed by atoms with Crippen molar-refractivity contribution in [2.24, 2.45) is 0 Å². The van der Waals surface area contributed by atoms with E-state index in [-0.39, 0.29) is 32.7 Å². The number of carbonyl (C=O) groups is 1. The third-order valence-electron chi connectivity index (χ3n) is 4.59. The van der Waals surface area contributed by atoms with Crippen molar-refractivity contribution in [1.29, 1.82) is 5.26 Å². The normalized spacial score (nSPS) is 19.0. The van der Waals surface area contributed by atoms with E-state index in [1.807, 2.05) is 6.07 Å². The molecule has 0 spiro atoms. The van der Waals surface area contributed by atoms with Gasteiger partial charge in [0.25, 0.3) is 0 Å². The summed E-state index contributed by atoms with van der Waals surface area (Å²) in [4.78, 5) is 12.0. The molecule has 7 nitrogen and oxygen atoms in total. The molecule has 0 radical (unpaired) electrons. The standard InChI is InChI=1S/C17H14ClF3N4O3S/c1-8(27)12-14(29(2)28)15-23-16(7-26,3-4-22)10-5-9(17(19,20)21)6-11(18)13(10)25(15)24-12/h5-6,23,26H,3,7H2,1-2H3. The summed E-state index contributed by atoms with van der Waals surface area (Å²) < 4.78 is 53.4. The first-order valence-corrected chi connectivity index (χ1v) is 10.1.